The molecule has 0 bridgehead atoms. The Bertz CT molecular complexity index is 951. The number of esters is 1. The fourth-order valence-electron chi connectivity index (χ4n) is 3.94. The average molecular weight is 536 g/mol. The molecular formula is C26H41N3O7Si. The van der Waals surface area contributed by atoms with Crippen molar-refractivity contribution < 1.29 is 33.3 Å². The number of nitrogens with zero attached hydrogens (tertiary/aromatic N) is 3. The van der Waals surface area contributed by atoms with Crippen LogP contribution in [0.5, 0.6) is 0 Å². The van der Waals surface area contributed by atoms with Gasteiger partial charge in [-0.15, -0.1) is 0 Å². The van der Waals surface area contributed by atoms with E-state index in [4.69, 9.17) is 18.6 Å². The van der Waals surface area contributed by atoms with Crippen molar-refractivity contribution in [3.8, 4) is 0 Å². The Kier molecular flexibility index (Phi) is 11.3. The maximum Gasteiger partial charge on any atom is 0.306 e. The van der Waals surface area contributed by atoms with E-state index in [0.717, 1.165) is 5.56 Å². The molecule has 11 heteroatoms. The van der Waals surface area contributed by atoms with Crippen LogP contribution in [0.3, 0.4) is 0 Å². The number of ketones is 1. The molecule has 0 aromatic heterocycles. The highest BCUT2D eigenvalue weighted by Crippen LogP contribution is 2.46. The molecule has 10 nitrogen and oxygen atoms in total. The van der Waals surface area contributed by atoms with E-state index < -0.39 is 44.9 Å². The van der Waals surface area contributed by atoms with Crippen LogP contribution in [0.25, 0.3) is 10.4 Å². The molecule has 1 aromatic carbocycles. The van der Waals surface area contributed by atoms with E-state index in [1.165, 1.54) is 6.92 Å². The molecule has 0 spiro atoms. The van der Waals surface area contributed by atoms with Gasteiger partial charge in [0.05, 0.1) is 19.1 Å². The van der Waals surface area contributed by atoms with Crippen molar-refractivity contribution in [1.29, 1.82) is 0 Å². The summed E-state index contributed by atoms with van der Waals surface area (Å²) in [6, 6.07) is 8.44. The Morgan fingerprint density at radius 2 is 1.86 bits per heavy atom. The average Bonchev–Trinajstić information content (AvgIpc) is 2.83. The number of hydrogen-bond donors (Lipinski definition) is 1. The number of benzene rings is 1. The number of ether oxygens (including phenoxy) is 3. The van der Waals surface area contributed by atoms with Gasteiger partial charge in [0.25, 0.3) is 0 Å². The summed E-state index contributed by atoms with van der Waals surface area (Å²) in [5, 5.41) is 14.9. The molecular weight excluding hydrogens is 494 g/mol. The Labute approximate surface area is 220 Å². The van der Waals surface area contributed by atoms with Crippen molar-refractivity contribution in [2.45, 2.75) is 103 Å². The van der Waals surface area contributed by atoms with Crippen molar-refractivity contribution >= 4 is 20.1 Å². The summed E-state index contributed by atoms with van der Waals surface area (Å²) in [4.78, 5) is 26.3. The number of carbonyl (C=O) groups excluding carboxylic acids is 2. The first-order valence-corrected chi connectivity index (χ1v) is 15.6. The molecule has 1 N–H and O–H groups in total. The van der Waals surface area contributed by atoms with E-state index in [1.807, 2.05) is 30.3 Å². The zero-order valence-electron chi connectivity index (χ0n) is 22.9. The second kappa shape index (κ2) is 13.5. The summed E-state index contributed by atoms with van der Waals surface area (Å²) < 4.78 is 24.1. The lowest BCUT2D eigenvalue weighted by atomic mass is 9.97. The molecule has 0 radical (unpaired) electrons. The molecule has 1 aromatic rings. The molecule has 2 rings (SSSR count). The maximum atomic E-state index is 12.1. The van der Waals surface area contributed by atoms with Crippen molar-refractivity contribution in [3.63, 3.8) is 0 Å². The van der Waals surface area contributed by atoms with Crippen molar-refractivity contribution in [3.05, 3.63) is 46.3 Å². The van der Waals surface area contributed by atoms with Gasteiger partial charge < -0.3 is 28.5 Å². The number of carbonyl (C=O) groups is 2. The molecule has 0 unspecified atom stereocenters. The molecule has 0 aliphatic carbocycles. The highest BCUT2D eigenvalue weighted by Gasteiger charge is 2.51. The van der Waals surface area contributed by atoms with Crippen LogP contribution in [0.15, 0.2) is 35.4 Å². The maximum absolute atomic E-state index is 12.1. The zero-order valence-corrected chi connectivity index (χ0v) is 23.9. The molecule has 1 saturated heterocycles. The Balaban J connectivity index is 2.32. The Morgan fingerprint density at radius 1 is 1.22 bits per heavy atom. The molecule has 0 amide bonds. The first kappa shape index (κ1) is 30.9. The largest absolute Gasteiger partial charge is 0.463 e. The van der Waals surface area contributed by atoms with E-state index in [-0.39, 0.29) is 36.9 Å². The molecule has 0 saturated carbocycles. The highest BCUT2D eigenvalue weighted by molar-refractivity contribution is 6.74. The number of hydrogen-bond acceptors (Lipinski definition) is 8. The van der Waals surface area contributed by atoms with Crippen LogP contribution in [0.1, 0.15) is 53.0 Å². The van der Waals surface area contributed by atoms with Gasteiger partial charge in [-0.1, -0.05) is 63.1 Å². The van der Waals surface area contributed by atoms with Crippen molar-refractivity contribution in [2.75, 3.05) is 6.61 Å². The van der Waals surface area contributed by atoms with Gasteiger partial charge in [0.15, 0.2) is 14.6 Å². The molecule has 1 aliphatic rings. The third-order valence-corrected chi connectivity index (χ3v) is 12.1. The Morgan fingerprint density at radius 3 is 2.43 bits per heavy atom. The van der Waals surface area contributed by atoms with Crippen LogP contribution in [-0.4, -0.2) is 62.4 Å². The first-order valence-electron chi connectivity index (χ1n) is 12.7. The molecule has 1 heterocycles. The van der Waals surface area contributed by atoms with Crippen LogP contribution < -0.4 is 0 Å². The minimum atomic E-state index is -2.48. The predicted molar refractivity (Wildman–Crippen MR) is 141 cm³/mol. The van der Waals surface area contributed by atoms with Gasteiger partial charge >= 0.3 is 5.97 Å². The minimum absolute atomic E-state index is 0.0596. The molecule has 206 valence electrons. The molecule has 1 fully saturated rings. The van der Waals surface area contributed by atoms with Crippen molar-refractivity contribution in [2.24, 2.45) is 11.0 Å². The van der Waals surface area contributed by atoms with Gasteiger partial charge in [-0.05, 0) is 42.1 Å². The molecule has 5 atom stereocenters. The minimum Gasteiger partial charge on any atom is -0.463 e. The second-order valence-corrected chi connectivity index (χ2v) is 15.4. The lowest BCUT2D eigenvalue weighted by molar-refractivity contribution is -0.255. The van der Waals surface area contributed by atoms with E-state index in [1.54, 1.807) is 0 Å². The van der Waals surface area contributed by atoms with Gasteiger partial charge in [0.2, 0.25) is 0 Å². The summed E-state index contributed by atoms with van der Waals surface area (Å²) in [6.45, 7) is 14.0. The standard InChI is InChI=1S/C26H41N3O7Si/c1-17(2)26(4,5)37(6,7)36-25-22(28-29-27)24(34-15-19-11-9-8-10-12-19)23(32)20(35-25)16-33-21(31)14-13-18(3)30/h8-12,17,20,22-25,32H,13-16H2,1-7H3/t20-,22-,23-,24-,25+/m1/s1. The van der Waals surface area contributed by atoms with Crippen LogP contribution in [0.4, 0.5) is 0 Å². The SMILES string of the molecule is CC(=O)CCC(=O)OC[C@H]1O[C@@H](O[Si](C)(C)C(C)(C)C(C)C)[C@H](N=[N+]=[N-])[C@@H](OCc2ccccc2)[C@@H]1O. The third-order valence-electron chi connectivity index (χ3n) is 7.61. The quantitative estimate of drug-likeness (QED) is 0.124. The summed E-state index contributed by atoms with van der Waals surface area (Å²) in [7, 11) is -2.48. The fraction of sp³-hybridized carbons (Fsp3) is 0.692. The molecule has 37 heavy (non-hydrogen) atoms. The Hall–Kier alpha value is -2.27. The van der Waals surface area contributed by atoms with E-state index in [9.17, 15) is 20.2 Å². The van der Waals surface area contributed by atoms with Crippen LogP contribution in [-0.2, 0) is 34.8 Å². The summed E-state index contributed by atoms with van der Waals surface area (Å²) in [6.07, 6.45) is -4.21. The van der Waals surface area contributed by atoms with E-state index in [0.29, 0.717) is 5.92 Å². The van der Waals surface area contributed by atoms with Crippen LogP contribution >= 0.6 is 0 Å². The topological polar surface area (TPSA) is 140 Å². The monoisotopic (exact) mass is 535 g/mol. The van der Waals surface area contributed by atoms with E-state index in [2.05, 4.69) is 50.8 Å². The van der Waals surface area contributed by atoms with Crippen LogP contribution in [0.2, 0.25) is 18.1 Å². The summed E-state index contributed by atoms with van der Waals surface area (Å²) >= 11 is 0. The highest BCUT2D eigenvalue weighted by atomic mass is 28.4. The number of rotatable bonds is 13. The van der Waals surface area contributed by atoms with E-state index >= 15 is 0 Å². The zero-order chi connectivity index (χ0) is 27.8. The second-order valence-electron chi connectivity index (χ2n) is 10.9. The summed E-state index contributed by atoms with van der Waals surface area (Å²) in [5.74, 6) is -0.381. The predicted octanol–water partition coefficient (Wildman–Crippen LogP) is 4.91. The lowest BCUT2D eigenvalue weighted by Crippen LogP contribution is -2.62. The normalized spacial score (nSPS) is 24.4. The fourth-order valence-corrected chi connectivity index (χ4v) is 6.41. The smallest absolute Gasteiger partial charge is 0.306 e. The number of aliphatic hydroxyl groups is 1. The number of Topliss-reactive ketones (excluding diaryl/α,β-unsaturated/α-hetero) is 1. The van der Waals surface area contributed by atoms with Gasteiger partial charge in [0.1, 0.15) is 30.6 Å². The van der Waals surface area contributed by atoms with Gasteiger partial charge in [0, 0.05) is 11.3 Å². The van der Waals surface area contributed by atoms with Crippen LogP contribution in [0, 0.1) is 5.92 Å². The van der Waals surface area contributed by atoms with Crippen molar-refractivity contribution in [1.82, 2.24) is 0 Å². The number of aliphatic hydroxyl groups excluding tert-OH is 1. The van der Waals surface area contributed by atoms with Gasteiger partial charge in [-0.25, -0.2) is 0 Å². The number of azide groups is 1. The lowest BCUT2D eigenvalue weighted by Gasteiger charge is -2.49. The summed E-state index contributed by atoms with van der Waals surface area (Å²) in [5.41, 5.74) is 10.2. The third kappa shape index (κ3) is 8.36. The van der Waals surface area contributed by atoms with Gasteiger partial charge in [-0.2, -0.15) is 0 Å². The van der Waals surface area contributed by atoms with Gasteiger partial charge in [-0.3, -0.25) is 4.79 Å². The first-order chi connectivity index (χ1) is 17.3. The molecule has 1 aliphatic heterocycles.